The quantitative estimate of drug-likeness (QED) is 0.761. The van der Waals surface area contributed by atoms with Gasteiger partial charge in [-0.15, -0.1) is 0 Å². The zero-order chi connectivity index (χ0) is 14.1. The van der Waals surface area contributed by atoms with Crippen LogP contribution in [0.1, 0.15) is 29.3 Å². The maximum Gasteiger partial charge on any atom is 0.252 e. The number of amides is 1. The van der Waals surface area contributed by atoms with Crippen LogP contribution in [-0.4, -0.2) is 42.4 Å². The van der Waals surface area contributed by atoms with Gasteiger partial charge < -0.3 is 15.2 Å². The van der Waals surface area contributed by atoms with Crippen molar-refractivity contribution in [3.8, 4) is 11.8 Å². The van der Waals surface area contributed by atoms with E-state index in [0.717, 1.165) is 6.42 Å². The third kappa shape index (κ3) is 4.70. The summed E-state index contributed by atoms with van der Waals surface area (Å²) in [6.45, 7) is 2.19. The number of carbonyl (C=O) groups excluding carboxylic acids is 1. The summed E-state index contributed by atoms with van der Waals surface area (Å²) in [6, 6.07) is 1.57. The van der Waals surface area contributed by atoms with Crippen molar-refractivity contribution in [1.29, 1.82) is 0 Å². The molecule has 1 heterocycles. The Hall–Kier alpha value is -1.90. The van der Waals surface area contributed by atoms with E-state index in [4.69, 9.17) is 9.84 Å². The normalized spacial score (nSPS) is 11.3. The Balaban J connectivity index is 2.87. The molecule has 5 heteroatoms. The molecule has 1 rings (SSSR count). The maximum absolute atomic E-state index is 12.1. The molecule has 0 saturated heterocycles. The lowest BCUT2D eigenvalue weighted by atomic mass is 10.1. The SMILES string of the molecule is CCC(COC)NC(=O)c1ccncc1C#CCO. The van der Waals surface area contributed by atoms with Crippen LogP contribution >= 0.6 is 0 Å². The second-order valence-electron chi connectivity index (χ2n) is 3.92. The van der Waals surface area contributed by atoms with Crippen LogP contribution in [0.25, 0.3) is 0 Å². The molecule has 1 aromatic rings. The average Bonchev–Trinajstić information content (AvgIpc) is 2.44. The number of aliphatic hydroxyl groups is 1. The van der Waals surface area contributed by atoms with Crippen LogP contribution in [0.15, 0.2) is 18.5 Å². The topological polar surface area (TPSA) is 71.5 Å². The maximum atomic E-state index is 12.1. The van der Waals surface area contributed by atoms with Crippen LogP contribution in [0.3, 0.4) is 0 Å². The second kappa shape index (κ2) is 8.25. The Bertz CT molecular complexity index is 477. The fourth-order valence-electron chi connectivity index (χ4n) is 1.55. The van der Waals surface area contributed by atoms with Crippen LogP contribution in [0.5, 0.6) is 0 Å². The highest BCUT2D eigenvalue weighted by Gasteiger charge is 2.14. The summed E-state index contributed by atoms with van der Waals surface area (Å²) in [5.74, 6) is 5.01. The monoisotopic (exact) mass is 262 g/mol. The molecule has 0 spiro atoms. The number of aromatic nitrogens is 1. The lowest BCUT2D eigenvalue weighted by molar-refractivity contribution is 0.0894. The van der Waals surface area contributed by atoms with E-state index in [0.29, 0.717) is 17.7 Å². The zero-order valence-electron chi connectivity index (χ0n) is 11.1. The summed E-state index contributed by atoms with van der Waals surface area (Å²) < 4.78 is 5.04. The minimum absolute atomic E-state index is 0.0377. The van der Waals surface area contributed by atoms with Crippen LogP contribution in [0, 0.1) is 11.8 Å². The van der Waals surface area contributed by atoms with Gasteiger partial charge in [0.15, 0.2) is 0 Å². The number of ether oxygens (including phenoxy) is 1. The Morgan fingerprint density at radius 1 is 1.63 bits per heavy atom. The van der Waals surface area contributed by atoms with E-state index < -0.39 is 0 Å². The van der Waals surface area contributed by atoms with Gasteiger partial charge in [-0.05, 0) is 12.5 Å². The van der Waals surface area contributed by atoms with Crippen LogP contribution in [0.2, 0.25) is 0 Å². The van der Waals surface area contributed by atoms with Gasteiger partial charge in [0, 0.05) is 19.5 Å². The van der Waals surface area contributed by atoms with E-state index >= 15 is 0 Å². The van der Waals surface area contributed by atoms with Crippen molar-refractivity contribution in [3.63, 3.8) is 0 Å². The molecule has 0 bridgehead atoms. The minimum atomic E-state index is -0.253. The first kappa shape index (κ1) is 15.2. The molecule has 102 valence electrons. The molecule has 1 amide bonds. The zero-order valence-corrected chi connectivity index (χ0v) is 11.1. The van der Waals surface area contributed by atoms with Gasteiger partial charge in [-0.3, -0.25) is 9.78 Å². The first-order valence-electron chi connectivity index (χ1n) is 6.06. The van der Waals surface area contributed by atoms with Crippen molar-refractivity contribution in [2.24, 2.45) is 0 Å². The molecule has 0 fully saturated rings. The van der Waals surface area contributed by atoms with Gasteiger partial charge in [0.05, 0.1) is 23.8 Å². The first-order valence-corrected chi connectivity index (χ1v) is 6.06. The number of hydrogen-bond donors (Lipinski definition) is 2. The average molecular weight is 262 g/mol. The Morgan fingerprint density at radius 3 is 3.05 bits per heavy atom. The van der Waals surface area contributed by atoms with E-state index in [1.165, 1.54) is 12.4 Å². The highest BCUT2D eigenvalue weighted by molar-refractivity contribution is 5.96. The Kier molecular flexibility index (Phi) is 6.58. The fraction of sp³-hybridized carbons (Fsp3) is 0.429. The van der Waals surface area contributed by atoms with E-state index in [9.17, 15) is 4.79 Å². The van der Waals surface area contributed by atoms with Gasteiger partial charge in [-0.1, -0.05) is 18.8 Å². The van der Waals surface area contributed by atoms with Crippen molar-refractivity contribution >= 4 is 5.91 Å². The molecular formula is C14H18N2O3. The number of aliphatic hydroxyl groups excluding tert-OH is 1. The smallest absolute Gasteiger partial charge is 0.252 e. The number of nitrogens with zero attached hydrogens (tertiary/aromatic N) is 1. The standard InChI is InChI=1S/C14H18N2O3/c1-3-12(10-19-2)16-14(18)13-6-7-15-9-11(13)5-4-8-17/h6-7,9,12,17H,3,8,10H2,1-2H3,(H,16,18). The number of methoxy groups -OCH3 is 1. The minimum Gasteiger partial charge on any atom is -0.384 e. The molecule has 0 aliphatic carbocycles. The van der Waals surface area contributed by atoms with Crippen molar-refractivity contribution < 1.29 is 14.6 Å². The van der Waals surface area contributed by atoms with Crippen molar-refractivity contribution in [1.82, 2.24) is 10.3 Å². The summed E-state index contributed by atoms with van der Waals surface area (Å²) in [7, 11) is 1.60. The van der Waals surface area contributed by atoms with E-state index in [1.54, 1.807) is 13.2 Å². The predicted molar refractivity (Wildman–Crippen MR) is 71.6 cm³/mol. The van der Waals surface area contributed by atoms with Crippen LogP contribution in [0.4, 0.5) is 0 Å². The van der Waals surface area contributed by atoms with Crippen molar-refractivity contribution in [2.45, 2.75) is 19.4 Å². The Labute approximate surface area is 113 Å². The lowest BCUT2D eigenvalue weighted by Crippen LogP contribution is -2.37. The number of hydrogen-bond acceptors (Lipinski definition) is 4. The lowest BCUT2D eigenvalue weighted by Gasteiger charge is -2.16. The van der Waals surface area contributed by atoms with E-state index in [-0.39, 0.29) is 18.6 Å². The number of nitrogens with one attached hydrogen (secondary N) is 1. The number of rotatable bonds is 5. The predicted octanol–water partition coefficient (Wildman–Crippen LogP) is 0.580. The van der Waals surface area contributed by atoms with Gasteiger partial charge in [-0.2, -0.15) is 0 Å². The molecule has 1 unspecified atom stereocenters. The number of carbonyl (C=O) groups is 1. The summed E-state index contributed by atoms with van der Waals surface area (Å²) in [4.78, 5) is 16.1. The largest absolute Gasteiger partial charge is 0.384 e. The Morgan fingerprint density at radius 2 is 2.42 bits per heavy atom. The first-order chi connectivity index (χ1) is 9.22. The molecule has 1 atom stereocenters. The van der Waals surface area contributed by atoms with Crippen LogP contribution < -0.4 is 5.32 Å². The molecule has 5 nitrogen and oxygen atoms in total. The highest BCUT2D eigenvalue weighted by Crippen LogP contribution is 2.06. The molecule has 19 heavy (non-hydrogen) atoms. The molecule has 0 aliphatic heterocycles. The van der Waals surface area contributed by atoms with Gasteiger partial charge in [0.1, 0.15) is 6.61 Å². The van der Waals surface area contributed by atoms with Gasteiger partial charge in [-0.25, -0.2) is 0 Å². The van der Waals surface area contributed by atoms with E-state index in [2.05, 4.69) is 22.1 Å². The van der Waals surface area contributed by atoms with Crippen molar-refractivity contribution in [2.75, 3.05) is 20.3 Å². The van der Waals surface area contributed by atoms with Crippen LogP contribution in [-0.2, 0) is 4.74 Å². The molecule has 0 aromatic carbocycles. The van der Waals surface area contributed by atoms with Gasteiger partial charge in [0.25, 0.3) is 5.91 Å². The summed E-state index contributed by atoms with van der Waals surface area (Å²) in [5.41, 5.74) is 0.951. The molecule has 0 saturated carbocycles. The summed E-state index contributed by atoms with van der Waals surface area (Å²) in [6.07, 6.45) is 3.83. The molecule has 0 aliphatic rings. The molecule has 2 N–H and O–H groups in total. The van der Waals surface area contributed by atoms with E-state index in [1.807, 2.05) is 6.92 Å². The fourth-order valence-corrected chi connectivity index (χ4v) is 1.55. The summed E-state index contributed by atoms with van der Waals surface area (Å²) >= 11 is 0. The summed E-state index contributed by atoms with van der Waals surface area (Å²) in [5, 5.41) is 11.6. The second-order valence-corrected chi connectivity index (χ2v) is 3.92. The molecule has 1 aromatic heterocycles. The molecule has 0 radical (unpaired) electrons. The van der Waals surface area contributed by atoms with Gasteiger partial charge >= 0.3 is 0 Å². The third-order valence-electron chi connectivity index (χ3n) is 2.56. The highest BCUT2D eigenvalue weighted by atomic mass is 16.5. The molecular weight excluding hydrogens is 244 g/mol. The van der Waals surface area contributed by atoms with Crippen molar-refractivity contribution in [3.05, 3.63) is 29.6 Å². The third-order valence-corrected chi connectivity index (χ3v) is 2.56. The number of pyridine rings is 1. The van der Waals surface area contributed by atoms with Gasteiger partial charge in [0.2, 0.25) is 0 Å².